The van der Waals surface area contributed by atoms with Crippen LogP contribution in [0.25, 0.3) is 0 Å². The normalized spacial score (nSPS) is 33.8. The molecule has 6 rings (SSSR count). The number of hydrogen-bond donors (Lipinski definition) is 3. The molecule has 1 aromatic rings. The lowest BCUT2D eigenvalue weighted by molar-refractivity contribution is -0.345. The zero-order chi connectivity index (χ0) is 46.8. The summed E-state index contributed by atoms with van der Waals surface area (Å²) >= 11 is 0. The molecule has 5 aliphatic rings. The first-order valence-corrected chi connectivity index (χ1v) is 20.9. The second kappa shape index (κ2) is 16.6. The van der Waals surface area contributed by atoms with E-state index >= 15 is 4.79 Å². The molecule has 2 bridgehead atoms. The molecule has 0 radical (unpaired) electrons. The maximum Gasteiger partial charge on any atom is 0.509 e. The molecule has 1 spiro atoms. The number of aliphatic hydroxyl groups is 2. The van der Waals surface area contributed by atoms with Gasteiger partial charge >= 0.3 is 30.0 Å². The summed E-state index contributed by atoms with van der Waals surface area (Å²) in [6.45, 7) is 16.5. The van der Waals surface area contributed by atoms with Crippen LogP contribution in [0.4, 0.5) is 4.79 Å². The second-order valence-corrected chi connectivity index (χ2v) is 18.9. The van der Waals surface area contributed by atoms with E-state index in [0.29, 0.717) is 5.57 Å². The Labute approximate surface area is 365 Å². The van der Waals surface area contributed by atoms with Crippen molar-refractivity contribution in [2.24, 2.45) is 22.2 Å². The molecule has 1 aromatic carbocycles. The highest BCUT2D eigenvalue weighted by Crippen LogP contribution is 2.67. The van der Waals surface area contributed by atoms with Gasteiger partial charge in [0.05, 0.1) is 35.6 Å². The number of hydrogen-bond acceptors (Lipinski definition) is 16. The first-order valence-electron chi connectivity index (χ1n) is 20.9. The Bertz CT molecular complexity index is 2170. The van der Waals surface area contributed by atoms with Gasteiger partial charge in [-0.2, -0.15) is 0 Å². The summed E-state index contributed by atoms with van der Waals surface area (Å²) in [4.78, 5) is 98.4. The number of rotatable bonds is 10. The zero-order valence-electron chi connectivity index (χ0n) is 37.3. The van der Waals surface area contributed by atoms with Gasteiger partial charge in [-0.05, 0) is 57.9 Å². The van der Waals surface area contributed by atoms with Crippen LogP contribution in [-0.4, -0.2) is 119 Å². The molecule has 3 aliphatic carbocycles. The number of Topliss-reactive ketones (excluding diaryl/α,β-unsaturated/α-hetero) is 1. The molecule has 2 saturated heterocycles. The fourth-order valence-electron chi connectivity index (χ4n) is 10.2. The third kappa shape index (κ3) is 7.64. The third-order valence-corrected chi connectivity index (χ3v) is 13.2. The summed E-state index contributed by atoms with van der Waals surface area (Å²) in [5, 5.41) is 26.6. The molecule has 12 atom stereocenters. The number of ketones is 1. The van der Waals surface area contributed by atoms with E-state index < -0.39 is 124 Å². The third-order valence-electron chi connectivity index (χ3n) is 13.2. The molecule has 2 aliphatic heterocycles. The molecule has 1 amide bonds. The highest BCUT2D eigenvalue weighted by Gasteiger charge is 2.83. The van der Waals surface area contributed by atoms with Crippen LogP contribution in [-0.2, 0) is 57.1 Å². The topological polar surface area (TPSA) is 237 Å². The Morgan fingerprint density at radius 2 is 1.63 bits per heavy atom. The maximum absolute atomic E-state index is 15.8. The summed E-state index contributed by atoms with van der Waals surface area (Å²) in [6, 6.07) is 6.42. The number of amides is 1. The van der Waals surface area contributed by atoms with Gasteiger partial charge in [-0.25, -0.2) is 19.2 Å². The lowest BCUT2D eigenvalue weighted by Gasteiger charge is -2.67. The van der Waals surface area contributed by atoms with Crippen LogP contribution >= 0.6 is 0 Å². The van der Waals surface area contributed by atoms with Crippen LogP contribution in [0.1, 0.15) is 92.9 Å². The second-order valence-electron chi connectivity index (χ2n) is 18.9. The number of aliphatic hydroxyl groups excluding tert-OH is 2. The van der Waals surface area contributed by atoms with E-state index in [1.54, 1.807) is 73.6 Å². The smallest absolute Gasteiger partial charge is 0.454 e. The highest BCUT2D eigenvalue weighted by atomic mass is 16.8. The van der Waals surface area contributed by atoms with Crippen LogP contribution in [0.15, 0.2) is 65.3 Å². The maximum atomic E-state index is 15.8. The van der Waals surface area contributed by atoms with Gasteiger partial charge in [-0.1, -0.05) is 70.5 Å². The number of carbonyl (C=O) groups is 7. The monoisotopic (exact) mass is 879 g/mol. The number of nitrogens with one attached hydrogen (secondary N) is 1. The fraction of sp³-hybridized carbons (Fsp3) is 0.587. The quantitative estimate of drug-likeness (QED) is 0.131. The molecular formula is C46H57NO16. The van der Waals surface area contributed by atoms with Gasteiger partial charge in [-0.3, -0.25) is 14.4 Å². The Hall–Kier alpha value is -5.39. The number of ether oxygens (including phenoxy) is 7. The predicted molar refractivity (Wildman–Crippen MR) is 219 cm³/mol. The molecule has 2 saturated carbocycles. The van der Waals surface area contributed by atoms with Crippen molar-refractivity contribution in [1.29, 1.82) is 0 Å². The van der Waals surface area contributed by atoms with Crippen molar-refractivity contribution in [2.75, 3.05) is 6.61 Å². The molecule has 17 heteroatoms. The minimum absolute atomic E-state index is 0.0255. The summed E-state index contributed by atoms with van der Waals surface area (Å²) < 4.78 is 43.0. The Morgan fingerprint density at radius 3 is 2.19 bits per heavy atom. The first kappa shape index (κ1) is 47.1. The molecule has 2 heterocycles. The van der Waals surface area contributed by atoms with E-state index in [1.807, 2.05) is 0 Å². The van der Waals surface area contributed by atoms with Crippen molar-refractivity contribution in [2.45, 2.75) is 143 Å². The minimum Gasteiger partial charge on any atom is -0.454 e. The fourth-order valence-corrected chi connectivity index (χ4v) is 10.2. The van der Waals surface area contributed by atoms with E-state index in [4.69, 9.17) is 33.2 Å². The molecule has 3 N–H and O–H groups in total. The predicted octanol–water partition coefficient (Wildman–Crippen LogP) is 3.77. The first-order chi connectivity index (χ1) is 29.3. The summed E-state index contributed by atoms with van der Waals surface area (Å²) in [6.07, 6.45) is -9.82. The largest absolute Gasteiger partial charge is 0.509 e. The van der Waals surface area contributed by atoms with Crippen molar-refractivity contribution >= 4 is 41.7 Å². The molecule has 0 aromatic heterocycles. The Kier molecular flexibility index (Phi) is 12.4. The zero-order valence-corrected chi connectivity index (χ0v) is 37.3. The van der Waals surface area contributed by atoms with E-state index in [1.165, 1.54) is 38.1 Å². The molecule has 63 heavy (non-hydrogen) atoms. The van der Waals surface area contributed by atoms with Gasteiger partial charge in [0.1, 0.15) is 6.10 Å². The van der Waals surface area contributed by atoms with E-state index in [-0.39, 0.29) is 29.7 Å². The van der Waals surface area contributed by atoms with Crippen LogP contribution in [0.2, 0.25) is 0 Å². The highest BCUT2D eigenvalue weighted by molar-refractivity contribution is 5.97. The number of benzene rings is 1. The molecule has 17 nitrogen and oxygen atoms in total. The standard InChI is InChI=1S/C46H57NO16/c1-12-16-29(50)58-33-30-23(4)32(59-39(54)31(51)26(19-22(2)3)47-40(55)42(6,7)8)36-46(43(30,9)10,63-41(56)61-36)37(60-38(53)25-17-14-13-15-18-25)34-44(11,35(33)52)27(49)20-28-45(34,21-57-28)62-24(5)48/h12-19,26-28,31-34,36-37,49,51H,20-21H2,1-11H3,(H,47,55)/b16-12+/t26-,27-,28+,31+,32+,33+,34-,36-,37-,44+,45-,46+/m0/s1. The number of carbonyl (C=O) groups excluding carboxylic acids is 7. The lowest BCUT2D eigenvalue weighted by Crippen LogP contribution is -2.83. The number of allylic oxidation sites excluding steroid dienone is 2. The summed E-state index contributed by atoms with van der Waals surface area (Å²) in [7, 11) is 0. The molecule has 342 valence electrons. The minimum atomic E-state index is -2.37. The van der Waals surface area contributed by atoms with Gasteiger partial charge in [0.2, 0.25) is 11.5 Å². The van der Waals surface area contributed by atoms with E-state index in [0.717, 1.165) is 13.0 Å². The summed E-state index contributed by atoms with van der Waals surface area (Å²) in [5.74, 6) is -7.15. The van der Waals surface area contributed by atoms with Crippen molar-refractivity contribution in [3.63, 3.8) is 0 Å². The lowest BCUT2D eigenvalue weighted by atomic mass is 9.44. The van der Waals surface area contributed by atoms with Crippen molar-refractivity contribution in [1.82, 2.24) is 5.32 Å². The van der Waals surface area contributed by atoms with Gasteiger partial charge < -0.3 is 48.7 Å². The van der Waals surface area contributed by atoms with E-state index in [2.05, 4.69) is 5.32 Å². The van der Waals surface area contributed by atoms with Crippen molar-refractivity contribution < 1.29 is 76.9 Å². The van der Waals surface area contributed by atoms with Crippen molar-refractivity contribution in [3.05, 3.63) is 70.8 Å². The van der Waals surface area contributed by atoms with E-state index in [9.17, 15) is 39.0 Å². The SMILES string of the molecule is C/C=C/C(=O)O[C@H]1C(=O)[C@@]2(C)[C@H]([C@H](OC(=O)c3ccccc3)[C@]34OC(=O)O[C@H]3[C@H](OC(=O)[C@H](O)[C@H](C=C(C)C)NC(=O)C(C)(C)C)C(C)=C1C4(C)C)[C@]1(OC(C)=O)CO[C@@H]1C[C@@H]2O. The van der Waals surface area contributed by atoms with Gasteiger partial charge in [0.15, 0.2) is 41.9 Å². The Balaban J connectivity index is 1.66. The number of esters is 4. The van der Waals surface area contributed by atoms with Crippen molar-refractivity contribution in [3.8, 4) is 0 Å². The average Bonchev–Trinajstić information content (AvgIpc) is 3.56. The van der Waals surface area contributed by atoms with Crippen LogP contribution < -0.4 is 5.32 Å². The van der Waals surface area contributed by atoms with Crippen LogP contribution in [0.5, 0.6) is 0 Å². The average molecular weight is 880 g/mol. The van der Waals surface area contributed by atoms with Crippen LogP contribution in [0, 0.1) is 22.2 Å². The molecular weight excluding hydrogens is 822 g/mol. The molecule has 0 unspecified atom stereocenters. The summed E-state index contributed by atoms with van der Waals surface area (Å²) in [5.41, 5.74) is -8.45. The van der Waals surface area contributed by atoms with Crippen LogP contribution in [0.3, 0.4) is 0 Å². The van der Waals surface area contributed by atoms with Gasteiger partial charge in [-0.15, -0.1) is 0 Å². The molecule has 4 fully saturated rings. The number of fused-ring (bicyclic) bond motifs is 4. The van der Waals surface area contributed by atoms with Gasteiger partial charge in [0.25, 0.3) is 0 Å². The Morgan fingerprint density at radius 1 is 0.984 bits per heavy atom. The van der Waals surface area contributed by atoms with Gasteiger partial charge in [0, 0.05) is 30.3 Å².